The van der Waals surface area contributed by atoms with Crippen molar-refractivity contribution in [2.24, 2.45) is 11.7 Å². The van der Waals surface area contributed by atoms with E-state index in [1.807, 2.05) is 4.90 Å². The molecule has 0 atom stereocenters. The highest BCUT2D eigenvalue weighted by molar-refractivity contribution is 6.07. The predicted molar refractivity (Wildman–Crippen MR) is 140 cm³/mol. The van der Waals surface area contributed by atoms with E-state index in [2.05, 4.69) is 15.5 Å². The number of hydrogen-bond donors (Lipinski definition) is 3. The minimum atomic E-state index is -1.12. The van der Waals surface area contributed by atoms with Crippen molar-refractivity contribution in [2.45, 2.75) is 50.6 Å². The van der Waals surface area contributed by atoms with Gasteiger partial charge in [0.05, 0.1) is 11.4 Å². The van der Waals surface area contributed by atoms with E-state index in [1.165, 1.54) is 6.07 Å². The third-order valence-electron chi connectivity index (χ3n) is 7.65. The van der Waals surface area contributed by atoms with Gasteiger partial charge in [-0.3, -0.25) is 14.4 Å². The molecule has 38 heavy (non-hydrogen) atoms. The maximum atomic E-state index is 13.8. The summed E-state index contributed by atoms with van der Waals surface area (Å²) in [6, 6.07) is 8.27. The Bertz CT molecular complexity index is 1220. The van der Waals surface area contributed by atoms with Gasteiger partial charge in [-0.25, -0.2) is 8.78 Å². The number of rotatable bonds is 6. The first-order valence-corrected chi connectivity index (χ1v) is 13.3. The Kier molecular flexibility index (Phi) is 7.60. The Morgan fingerprint density at radius 1 is 0.789 bits per heavy atom. The highest BCUT2D eigenvalue weighted by atomic mass is 19.2. The SMILES string of the molecule is NC1CCC(NC(=O)c2ccc(N3CCN(C(=O)C4CC4)CC3)c(NC(=O)c3ccc(F)c(F)c3)c2)CC1. The fraction of sp³-hybridized carbons (Fsp3) is 0.464. The smallest absolute Gasteiger partial charge is 0.255 e. The van der Waals surface area contributed by atoms with Gasteiger partial charge >= 0.3 is 0 Å². The second kappa shape index (κ2) is 11.1. The third kappa shape index (κ3) is 5.96. The van der Waals surface area contributed by atoms with Crippen LogP contribution >= 0.6 is 0 Å². The summed E-state index contributed by atoms with van der Waals surface area (Å²) in [5.41, 5.74) is 7.40. The standard InChI is InChI=1S/C28H33F2N5O3/c29-22-9-3-18(15-23(22)30)27(37)33-24-16-19(26(36)32-21-7-5-20(31)6-8-21)4-10-25(24)34-11-13-35(14-12-34)28(38)17-1-2-17/h3-4,9-10,15-17,20-21H,1-2,5-8,11-14,31H2,(H,32,36)(H,33,37). The number of nitrogens with one attached hydrogen (secondary N) is 2. The van der Waals surface area contributed by atoms with Crippen molar-refractivity contribution >= 4 is 29.1 Å². The van der Waals surface area contributed by atoms with Crippen LogP contribution in [-0.2, 0) is 4.79 Å². The van der Waals surface area contributed by atoms with Crippen LogP contribution in [-0.4, -0.2) is 60.9 Å². The van der Waals surface area contributed by atoms with E-state index >= 15 is 0 Å². The average Bonchev–Trinajstić information content (AvgIpc) is 3.77. The zero-order valence-electron chi connectivity index (χ0n) is 21.2. The molecule has 0 bridgehead atoms. The van der Waals surface area contributed by atoms with Gasteiger partial charge in [0.2, 0.25) is 5.91 Å². The summed E-state index contributed by atoms with van der Waals surface area (Å²) in [5.74, 6) is -2.66. The number of piperazine rings is 1. The Morgan fingerprint density at radius 2 is 1.45 bits per heavy atom. The van der Waals surface area contributed by atoms with E-state index < -0.39 is 17.5 Å². The van der Waals surface area contributed by atoms with E-state index in [0.29, 0.717) is 43.1 Å². The van der Waals surface area contributed by atoms with Crippen molar-refractivity contribution in [3.8, 4) is 0 Å². The summed E-state index contributed by atoms with van der Waals surface area (Å²) in [7, 11) is 0. The summed E-state index contributed by atoms with van der Waals surface area (Å²) in [5, 5.41) is 5.85. The molecular weight excluding hydrogens is 492 g/mol. The average molecular weight is 526 g/mol. The van der Waals surface area contributed by atoms with Crippen LogP contribution < -0.4 is 21.3 Å². The molecule has 4 N–H and O–H groups in total. The molecule has 0 unspecified atom stereocenters. The van der Waals surface area contributed by atoms with Gasteiger partial charge in [0.25, 0.3) is 11.8 Å². The second-order valence-electron chi connectivity index (χ2n) is 10.5. The normalized spacial score (nSPS) is 21.7. The van der Waals surface area contributed by atoms with Gasteiger partial charge in [0, 0.05) is 55.3 Å². The summed E-state index contributed by atoms with van der Waals surface area (Å²) < 4.78 is 27.2. The Morgan fingerprint density at radius 3 is 2.11 bits per heavy atom. The van der Waals surface area contributed by atoms with Gasteiger partial charge in [0.1, 0.15) is 0 Å². The van der Waals surface area contributed by atoms with Gasteiger partial charge in [0.15, 0.2) is 11.6 Å². The first-order valence-electron chi connectivity index (χ1n) is 13.3. The topological polar surface area (TPSA) is 108 Å². The zero-order valence-corrected chi connectivity index (χ0v) is 21.2. The zero-order chi connectivity index (χ0) is 26.8. The molecule has 2 saturated carbocycles. The molecule has 202 valence electrons. The number of hydrogen-bond acceptors (Lipinski definition) is 5. The quantitative estimate of drug-likeness (QED) is 0.537. The second-order valence-corrected chi connectivity index (χ2v) is 10.5. The molecule has 1 heterocycles. The molecule has 0 aromatic heterocycles. The summed E-state index contributed by atoms with van der Waals surface area (Å²) >= 11 is 0. The van der Waals surface area contributed by atoms with E-state index in [0.717, 1.165) is 50.7 Å². The molecule has 3 aliphatic rings. The maximum absolute atomic E-state index is 13.8. The predicted octanol–water partition coefficient (Wildman–Crippen LogP) is 3.28. The lowest BCUT2D eigenvalue weighted by molar-refractivity contribution is -0.132. The van der Waals surface area contributed by atoms with E-state index in [9.17, 15) is 23.2 Å². The lowest BCUT2D eigenvalue weighted by Gasteiger charge is -2.37. The molecule has 3 fully saturated rings. The first-order chi connectivity index (χ1) is 18.3. The molecule has 2 aliphatic carbocycles. The van der Waals surface area contributed by atoms with Crippen molar-refractivity contribution in [1.82, 2.24) is 10.2 Å². The van der Waals surface area contributed by atoms with Gasteiger partial charge in [-0.1, -0.05) is 0 Å². The third-order valence-corrected chi connectivity index (χ3v) is 7.65. The molecule has 8 nitrogen and oxygen atoms in total. The molecule has 0 spiro atoms. The van der Waals surface area contributed by atoms with Crippen molar-refractivity contribution < 1.29 is 23.2 Å². The van der Waals surface area contributed by atoms with Crippen LogP contribution in [0.3, 0.4) is 0 Å². The molecule has 1 saturated heterocycles. The molecular formula is C28H33F2N5O3. The number of carbonyl (C=O) groups excluding carboxylic acids is 3. The minimum Gasteiger partial charge on any atom is -0.366 e. The lowest BCUT2D eigenvalue weighted by Crippen LogP contribution is -2.49. The van der Waals surface area contributed by atoms with Gasteiger partial charge in [-0.15, -0.1) is 0 Å². The first kappa shape index (κ1) is 26.1. The van der Waals surface area contributed by atoms with Crippen LogP contribution in [0.15, 0.2) is 36.4 Å². The molecule has 1 aliphatic heterocycles. The molecule has 3 amide bonds. The van der Waals surface area contributed by atoms with E-state index in [1.54, 1.807) is 18.2 Å². The maximum Gasteiger partial charge on any atom is 0.255 e. The number of halogens is 2. The number of benzene rings is 2. The number of carbonyl (C=O) groups is 3. The summed E-state index contributed by atoms with van der Waals surface area (Å²) in [6.45, 7) is 2.27. The van der Waals surface area contributed by atoms with Gasteiger partial charge in [-0.05, 0) is 74.9 Å². The highest BCUT2D eigenvalue weighted by Gasteiger charge is 2.35. The minimum absolute atomic E-state index is 0.0388. The van der Waals surface area contributed by atoms with Crippen molar-refractivity contribution in [3.63, 3.8) is 0 Å². The molecule has 5 rings (SSSR count). The van der Waals surface area contributed by atoms with Crippen molar-refractivity contribution in [2.75, 3.05) is 36.4 Å². The fourth-order valence-electron chi connectivity index (χ4n) is 5.17. The molecule has 0 radical (unpaired) electrons. The van der Waals surface area contributed by atoms with Crippen LogP contribution in [0, 0.1) is 17.6 Å². The number of amides is 3. The molecule has 2 aromatic rings. The molecule has 10 heteroatoms. The summed E-state index contributed by atoms with van der Waals surface area (Å²) in [4.78, 5) is 42.4. The Hall–Kier alpha value is -3.53. The van der Waals surface area contributed by atoms with E-state index in [-0.39, 0.29) is 35.4 Å². The van der Waals surface area contributed by atoms with Crippen molar-refractivity contribution in [1.29, 1.82) is 0 Å². The highest BCUT2D eigenvalue weighted by Crippen LogP contribution is 2.33. The van der Waals surface area contributed by atoms with Crippen LogP contribution in [0.4, 0.5) is 20.2 Å². The fourth-order valence-corrected chi connectivity index (χ4v) is 5.17. The number of anilines is 2. The van der Waals surface area contributed by atoms with Gasteiger partial charge in [-0.2, -0.15) is 0 Å². The van der Waals surface area contributed by atoms with E-state index in [4.69, 9.17) is 5.73 Å². The molecule has 2 aromatic carbocycles. The van der Waals surface area contributed by atoms with Crippen LogP contribution in [0.1, 0.15) is 59.2 Å². The van der Waals surface area contributed by atoms with Crippen LogP contribution in [0.25, 0.3) is 0 Å². The monoisotopic (exact) mass is 525 g/mol. The largest absolute Gasteiger partial charge is 0.366 e. The van der Waals surface area contributed by atoms with Crippen LogP contribution in [0.5, 0.6) is 0 Å². The Labute approximate surface area is 220 Å². The summed E-state index contributed by atoms with van der Waals surface area (Å²) in [6.07, 6.45) is 5.25. The number of nitrogens with two attached hydrogens (primary N) is 1. The van der Waals surface area contributed by atoms with Crippen molar-refractivity contribution in [3.05, 3.63) is 59.2 Å². The Balaban J connectivity index is 1.35. The number of nitrogens with zero attached hydrogens (tertiary/aromatic N) is 2. The lowest BCUT2D eigenvalue weighted by atomic mass is 9.91. The van der Waals surface area contributed by atoms with Gasteiger partial charge < -0.3 is 26.2 Å². The van der Waals surface area contributed by atoms with Crippen LogP contribution in [0.2, 0.25) is 0 Å².